The van der Waals surface area contributed by atoms with Crippen molar-refractivity contribution in [3.63, 3.8) is 0 Å². The molecule has 0 aromatic carbocycles. The summed E-state index contributed by atoms with van der Waals surface area (Å²) < 4.78 is 0. The van der Waals surface area contributed by atoms with E-state index < -0.39 is 0 Å². The Morgan fingerprint density at radius 2 is 1.61 bits per heavy atom. The maximum absolute atomic E-state index is 12.3. The van der Waals surface area contributed by atoms with Crippen LogP contribution in [0.1, 0.15) is 65.2 Å². The summed E-state index contributed by atoms with van der Waals surface area (Å²) in [5.41, 5.74) is 0. The molecule has 1 aliphatic heterocycles. The van der Waals surface area contributed by atoms with Gasteiger partial charge in [-0.25, -0.2) is 9.59 Å². The zero-order valence-corrected chi connectivity index (χ0v) is 14.6. The normalized spacial score (nSPS) is 21.6. The first-order valence-corrected chi connectivity index (χ1v) is 9.21. The van der Waals surface area contributed by atoms with Gasteiger partial charge in [-0.3, -0.25) is 0 Å². The van der Waals surface area contributed by atoms with Crippen molar-refractivity contribution >= 4 is 12.1 Å². The van der Waals surface area contributed by atoms with Gasteiger partial charge in [-0.2, -0.15) is 0 Å². The van der Waals surface area contributed by atoms with Crippen LogP contribution in [0.25, 0.3) is 0 Å². The number of nitrogens with one attached hydrogen (secondary N) is 3. The van der Waals surface area contributed by atoms with E-state index in [1.165, 1.54) is 19.3 Å². The van der Waals surface area contributed by atoms with Crippen molar-refractivity contribution in [2.75, 3.05) is 13.1 Å². The standard InChI is InChI=1S/C17H32N4O2/c1-3-13(2)18-16(22)19-15-9-11-21(12-10-15)17(23)20-14-7-5-4-6-8-14/h13-15H,3-12H2,1-2H3,(H,20,23)(H2,18,19,22). The van der Waals surface area contributed by atoms with Gasteiger partial charge in [0.2, 0.25) is 0 Å². The second-order valence-corrected chi connectivity index (χ2v) is 6.97. The lowest BCUT2D eigenvalue weighted by atomic mass is 9.95. The van der Waals surface area contributed by atoms with Crippen LogP contribution < -0.4 is 16.0 Å². The van der Waals surface area contributed by atoms with Crippen LogP contribution in [-0.2, 0) is 0 Å². The molecule has 23 heavy (non-hydrogen) atoms. The van der Waals surface area contributed by atoms with Crippen LogP contribution in [0.3, 0.4) is 0 Å². The lowest BCUT2D eigenvalue weighted by Crippen LogP contribution is -2.53. The topological polar surface area (TPSA) is 73.5 Å². The van der Waals surface area contributed by atoms with Crippen molar-refractivity contribution in [2.24, 2.45) is 0 Å². The first-order valence-electron chi connectivity index (χ1n) is 9.21. The minimum absolute atomic E-state index is 0.0689. The van der Waals surface area contributed by atoms with Gasteiger partial charge in [0.1, 0.15) is 0 Å². The van der Waals surface area contributed by atoms with Gasteiger partial charge in [0.15, 0.2) is 0 Å². The van der Waals surface area contributed by atoms with Crippen LogP contribution in [0.4, 0.5) is 9.59 Å². The number of hydrogen-bond acceptors (Lipinski definition) is 2. The summed E-state index contributed by atoms with van der Waals surface area (Å²) in [6.45, 7) is 5.48. The van der Waals surface area contributed by atoms with E-state index in [4.69, 9.17) is 0 Å². The number of nitrogens with zero attached hydrogens (tertiary/aromatic N) is 1. The van der Waals surface area contributed by atoms with Crippen LogP contribution >= 0.6 is 0 Å². The highest BCUT2D eigenvalue weighted by molar-refractivity contribution is 5.75. The number of likely N-dealkylation sites (tertiary alicyclic amines) is 1. The van der Waals surface area contributed by atoms with Gasteiger partial charge in [-0.05, 0) is 39.0 Å². The van der Waals surface area contributed by atoms with Crippen LogP contribution in [0.2, 0.25) is 0 Å². The fraction of sp³-hybridized carbons (Fsp3) is 0.882. The van der Waals surface area contributed by atoms with Gasteiger partial charge in [-0.15, -0.1) is 0 Å². The van der Waals surface area contributed by atoms with E-state index in [1.807, 2.05) is 18.7 Å². The molecule has 1 atom stereocenters. The summed E-state index contributed by atoms with van der Waals surface area (Å²) >= 11 is 0. The monoisotopic (exact) mass is 324 g/mol. The minimum Gasteiger partial charge on any atom is -0.336 e. The van der Waals surface area contributed by atoms with Gasteiger partial charge >= 0.3 is 12.1 Å². The third kappa shape index (κ3) is 5.92. The SMILES string of the molecule is CCC(C)NC(=O)NC1CCN(C(=O)NC2CCCCC2)CC1. The number of rotatable bonds is 4. The van der Waals surface area contributed by atoms with Gasteiger partial charge < -0.3 is 20.9 Å². The fourth-order valence-electron chi connectivity index (χ4n) is 3.29. The van der Waals surface area contributed by atoms with Gasteiger partial charge in [0, 0.05) is 31.2 Å². The summed E-state index contributed by atoms with van der Waals surface area (Å²) in [6, 6.07) is 0.686. The molecule has 6 heteroatoms. The molecule has 132 valence electrons. The van der Waals surface area contributed by atoms with E-state index in [0.717, 1.165) is 32.1 Å². The summed E-state index contributed by atoms with van der Waals surface area (Å²) in [5, 5.41) is 9.10. The highest BCUT2D eigenvalue weighted by Gasteiger charge is 2.25. The third-order valence-corrected chi connectivity index (χ3v) is 5.04. The Labute approximate surface area is 139 Å². The smallest absolute Gasteiger partial charge is 0.317 e. The molecule has 0 radical (unpaired) electrons. The van der Waals surface area contributed by atoms with E-state index in [1.54, 1.807) is 0 Å². The number of piperidine rings is 1. The van der Waals surface area contributed by atoms with Crippen LogP contribution in [0.15, 0.2) is 0 Å². The lowest BCUT2D eigenvalue weighted by molar-refractivity contribution is 0.169. The van der Waals surface area contributed by atoms with Crippen LogP contribution in [0, 0.1) is 0 Å². The van der Waals surface area contributed by atoms with E-state index in [2.05, 4.69) is 16.0 Å². The number of urea groups is 2. The minimum atomic E-state index is -0.0931. The summed E-state index contributed by atoms with van der Waals surface area (Å²) in [4.78, 5) is 26.0. The molecule has 4 amide bonds. The lowest BCUT2D eigenvalue weighted by Gasteiger charge is -2.34. The zero-order chi connectivity index (χ0) is 16.7. The number of carbonyl (C=O) groups is 2. The highest BCUT2D eigenvalue weighted by atomic mass is 16.2. The molecule has 0 spiro atoms. The van der Waals surface area contributed by atoms with Crippen molar-refractivity contribution < 1.29 is 9.59 Å². The first kappa shape index (κ1) is 17.9. The molecular formula is C17H32N4O2. The third-order valence-electron chi connectivity index (χ3n) is 5.04. The van der Waals surface area contributed by atoms with Crippen molar-refractivity contribution in [1.29, 1.82) is 0 Å². The van der Waals surface area contributed by atoms with E-state index in [9.17, 15) is 9.59 Å². The summed E-state index contributed by atoms with van der Waals surface area (Å²) in [7, 11) is 0. The molecule has 1 saturated heterocycles. The first-order chi connectivity index (χ1) is 11.1. The molecule has 2 fully saturated rings. The van der Waals surface area contributed by atoms with Crippen molar-refractivity contribution in [3.05, 3.63) is 0 Å². The molecule has 1 aliphatic carbocycles. The van der Waals surface area contributed by atoms with E-state index >= 15 is 0 Å². The van der Waals surface area contributed by atoms with Gasteiger partial charge in [-0.1, -0.05) is 26.2 Å². The van der Waals surface area contributed by atoms with Crippen molar-refractivity contribution in [2.45, 2.75) is 83.3 Å². The second kappa shape index (κ2) is 8.99. The molecule has 6 nitrogen and oxygen atoms in total. The van der Waals surface area contributed by atoms with Crippen molar-refractivity contribution in [1.82, 2.24) is 20.9 Å². The molecule has 3 N–H and O–H groups in total. The van der Waals surface area contributed by atoms with Gasteiger partial charge in [0.05, 0.1) is 0 Å². The Kier molecular flexibility index (Phi) is 6.99. The fourth-order valence-corrected chi connectivity index (χ4v) is 3.29. The zero-order valence-electron chi connectivity index (χ0n) is 14.6. The molecular weight excluding hydrogens is 292 g/mol. The quantitative estimate of drug-likeness (QED) is 0.743. The van der Waals surface area contributed by atoms with Crippen LogP contribution in [-0.4, -0.2) is 48.2 Å². The number of amides is 4. The second-order valence-electron chi connectivity index (χ2n) is 6.97. The molecule has 1 heterocycles. The molecule has 0 aromatic heterocycles. The van der Waals surface area contributed by atoms with Crippen LogP contribution in [0.5, 0.6) is 0 Å². The molecule has 2 rings (SSSR count). The molecule has 2 aliphatic rings. The maximum atomic E-state index is 12.3. The number of hydrogen-bond donors (Lipinski definition) is 3. The average Bonchev–Trinajstić information content (AvgIpc) is 2.56. The highest BCUT2D eigenvalue weighted by Crippen LogP contribution is 2.18. The van der Waals surface area contributed by atoms with E-state index in [0.29, 0.717) is 19.1 Å². The molecule has 0 bridgehead atoms. The number of carbonyl (C=O) groups excluding carboxylic acids is 2. The summed E-state index contributed by atoms with van der Waals surface area (Å²) in [5.74, 6) is 0. The van der Waals surface area contributed by atoms with E-state index in [-0.39, 0.29) is 24.1 Å². The molecule has 0 aromatic rings. The predicted molar refractivity (Wildman–Crippen MR) is 91.4 cm³/mol. The Morgan fingerprint density at radius 3 is 2.22 bits per heavy atom. The Bertz CT molecular complexity index is 388. The Morgan fingerprint density at radius 1 is 1.00 bits per heavy atom. The Balaban J connectivity index is 1.66. The van der Waals surface area contributed by atoms with Gasteiger partial charge in [0.25, 0.3) is 0 Å². The molecule has 1 unspecified atom stereocenters. The maximum Gasteiger partial charge on any atom is 0.317 e. The molecule has 1 saturated carbocycles. The largest absolute Gasteiger partial charge is 0.336 e. The average molecular weight is 324 g/mol. The predicted octanol–water partition coefficient (Wildman–Crippen LogP) is 2.59. The summed E-state index contributed by atoms with van der Waals surface area (Å²) in [6.07, 6.45) is 8.54. The Hall–Kier alpha value is -1.46. The van der Waals surface area contributed by atoms with Crippen molar-refractivity contribution in [3.8, 4) is 0 Å².